The number of nitrogens with one attached hydrogen (secondary N) is 2. The van der Waals surface area contributed by atoms with Crippen molar-refractivity contribution in [3.8, 4) is 11.3 Å². The maximum atomic E-state index is 13.7. The summed E-state index contributed by atoms with van der Waals surface area (Å²) in [5, 5.41) is 5.77. The van der Waals surface area contributed by atoms with Crippen LogP contribution in [0.15, 0.2) is 36.8 Å². The highest BCUT2D eigenvalue weighted by molar-refractivity contribution is 6.33. The number of carbonyl (C=O) groups excluding carboxylic acids is 2. The lowest BCUT2D eigenvalue weighted by molar-refractivity contribution is 0.0678. The number of aromatic nitrogens is 3. The molecular weight excluding hydrogens is 482 g/mol. The topological polar surface area (TPSA) is 101 Å². The third-order valence-electron chi connectivity index (χ3n) is 6.25. The molecule has 1 saturated carbocycles. The van der Waals surface area contributed by atoms with Crippen LogP contribution in [-0.4, -0.2) is 56.5 Å². The molecule has 1 aliphatic heterocycles. The van der Waals surface area contributed by atoms with Crippen molar-refractivity contribution in [1.29, 1.82) is 0 Å². The van der Waals surface area contributed by atoms with Crippen molar-refractivity contribution in [2.45, 2.75) is 38.7 Å². The summed E-state index contributed by atoms with van der Waals surface area (Å²) in [6.07, 6.45) is 4.07. The van der Waals surface area contributed by atoms with Gasteiger partial charge in [0, 0.05) is 43.2 Å². The number of ether oxygens (including phenoxy) is 1. The van der Waals surface area contributed by atoms with Crippen molar-refractivity contribution in [2.24, 2.45) is 5.41 Å². The van der Waals surface area contributed by atoms with Crippen molar-refractivity contribution < 1.29 is 23.1 Å². The third-order valence-corrected chi connectivity index (χ3v) is 6.57. The van der Waals surface area contributed by atoms with Crippen LogP contribution < -0.4 is 10.6 Å². The van der Waals surface area contributed by atoms with Gasteiger partial charge in [-0.15, -0.1) is 0 Å². The number of likely N-dealkylation sites (tertiary alicyclic amines) is 1. The number of carbonyl (C=O) groups is 2. The van der Waals surface area contributed by atoms with Gasteiger partial charge in [-0.2, -0.15) is 0 Å². The fourth-order valence-electron chi connectivity index (χ4n) is 4.31. The van der Waals surface area contributed by atoms with Crippen molar-refractivity contribution in [3.63, 3.8) is 0 Å². The third kappa shape index (κ3) is 4.47. The number of nitrogens with zero attached hydrogens (tertiary/aromatic N) is 4. The number of imidazole rings is 1. The van der Waals surface area contributed by atoms with Gasteiger partial charge in [-0.3, -0.25) is 9.72 Å². The lowest BCUT2D eigenvalue weighted by Crippen LogP contribution is -2.33. The molecule has 3 aromatic rings. The standard InChI is InChI=1S/C23H23ClF2N6O3/c1-13(2)35-21(34)29-15-8-27-19-30-18(10-32(19)9-15)16-7-14(3-4-17(16)24)28-20(33)31-6-5-22(12-31)11-23(22,25)26/h3-4,7-10,13H,5-6,11-12H2,1-2H3,(H,28,33)(H,29,34). The summed E-state index contributed by atoms with van der Waals surface area (Å²) in [7, 11) is 0. The number of hydrogen-bond donors (Lipinski definition) is 2. The molecule has 2 aromatic heterocycles. The van der Waals surface area contributed by atoms with Crippen molar-refractivity contribution in [3.05, 3.63) is 41.8 Å². The molecular formula is C23H23ClF2N6O3. The highest BCUT2D eigenvalue weighted by Crippen LogP contribution is 2.65. The highest BCUT2D eigenvalue weighted by atomic mass is 35.5. The van der Waals surface area contributed by atoms with Gasteiger partial charge < -0.3 is 15.0 Å². The van der Waals surface area contributed by atoms with E-state index in [1.54, 1.807) is 48.8 Å². The van der Waals surface area contributed by atoms with E-state index in [4.69, 9.17) is 16.3 Å². The fourth-order valence-corrected chi connectivity index (χ4v) is 4.53. The number of amides is 3. The van der Waals surface area contributed by atoms with Crippen molar-refractivity contribution in [1.82, 2.24) is 19.3 Å². The zero-order chi connectivity index (χ0) is 25.0. The monoisotopic (exact) mass is 504 g/mol. The SMILES string of the molecule is CC(C)OC(=O)Nc1cnc2nc(-c3cc(NC(=O)N4CCC5(C4)CC5(F)F)ccc3Cl)cn2c1. The quantitative estimate of drug-likeness (QED) is 0.504. The van der Waals surface area contributed by atoms with Gasteiger partial charge >= 0.3 is 12.1 Å². The average Bonchev–Trinajstić information content (AvgIpc) is 3.14. The van der Waals surface area contributed by atoms with E-state index in [2.05, 4.69) is 20.6 Å². The summed E-state index contributed by atoms with van der Waals surface area (Å²) in [4.78, 5) is 34.6. The Bertz CT molecular complexity index is 1330. The molecule has 184 valence electrons. The maximum absolute atomic E-state index is 13.7. The van der Waals surface area contributed by atoms with E-state index < -0.39 is 23.5 Å². The molecule has 2 fully saturated rings. The predicted molar refractivity (Wildman–Crippen MR) is 126 cm³/mol. The molecule has 3 amide bonds. The first-order valence-electron chi connectivity index (χ1n) is 11.1. The maximum Gasteiger partial charge on any atom is 0.411 e. The van der Waals surface area contributed by atoms with E-state index in [1.807, 2.05) is 0 Å². The van der Waals surface area contributed by atoms with Gasteiger partial charge in [0.1, 0.15) is 0 Å². The highest BCUT2D eigenvalue weighted by Gasteiger charge is 2.73. The van der Waals surface area contributed by atoms with Crippen LogP contribution in [0.25, 0.3) is 17.0 Å². The smallest absolute Gasteiger partial charge is 0.411 e. The number of hydrogen-bond acceptors (Lipinski definition) is 5. The van der Waals surface area contributed by atoms with Gasteiger partial charge in [0.05, 0.1) is 34.1 Å². The summed E-state index contributed by atoms with van der Waals surface area (Å²) >= 11 is 6.40. The Morgan fingerprint density at radius 1 is 1.20 bits per heavy atom. The number of fused-ring (bicyclic) bond motifs is 1. The lowest BCUT2D eigenvalue weighted by Gasteiger charge is -2.18. The van der Waals surface area contributed by atoms with Crippen LogP contribution in [0.5, 0.6) is 0 Å². The van der Waals surface area contributed by atoms with Crippen molar-refractivity contribution >= 4 is 40.9 Å². The Morgan fingerprint density at radius 2 is 1.97 bits per heavy atom. The summed E-state index contributed by atoms with van der Waals surface area (Å²) in [5.74, 6) is -2.31. The van der Waals surface area contributed by atoms with Gasteiger partial charge in [-0.1, -0.05) is 11.6 Å². The second-order valence-electron chi connectivity index (χ2n) is 9.21. The minimum absolute atomic E-state index is 0.0471. The van der Waals surface area contributed by atoms with Crippen LogP contribution in [0.2, 0.25) is 5.02 Å². The van der Waals surface area contributed by atoms with Gasteiger partial charge in [0.2, 0.25) is 5.78 Å². The Labute approximate surface area is 204 Å². The molecule has 2 aliphatic rings. The van der Waals surface area contributed by atoms with E-state index in [1.165, 1.54) is 11.1 Å². The zero-order valence-electron chi connectivity index (χ0n) is 19.0. The average molecular weight is 505 g/mol. The molecule has 3 heterocycles. The number of benzene rings is 1. The molecule has 1 spiro atoms. The predicted octanol–water partition coefficient (Wildman–Crippen LogP) is 5.27. The molecule has 1 aromatic carbocycles. The summed E-state index contributed by atoms with van der Waals surface area (Å²) in [6.45, 7) is 3.83. The van der Waals surface area contributed by atoms with E-state index in [-0.39, 0.29) is 19.1 Å². The van der Waals surface area contributed by atoms with Gasteiger partial charge in [0.25, 0.3) is 5.92 Å². The Kier molecular flexibility index (Phi) is 5.54. The lowest BCUT2D eigenvalue weighted by atomic mass is 10.1. The number of rotatable bonds is 4. The molecule has 9 nitrogen and oxygen atoms in total. The molecule has 1 aliphatic carbocycles. The van der Waals surface area contributed by atoms with Crippen LogP contribution >= 0.6 is 11.6 Å². The molecule has 35 heavy (non-hydrogen) atoms. The molecule has 1 saturated heterocycles. The van der Waals surface area contributed by atoms with E-state index >= 15 is 0 Å². The van der Waals surface area contributed by atoms with Gasteiger partial charge in [-0.25, -0.2) is 28.3 Å². The second kappa shape index (κ2) is 8.33. The van der Waals surface area contributed by atoms with Crippen LogP contribution in [-0.2, 0) is 4.74 Å². The Hall–Kier alpha value is -3.47. The van der Waals surface area contributed by atoms with Crippen LogP contribution in [0.1, 0.15) is 26.7 Å². The number of urea groups is 1. The van der Waals surface area contributed by atoms with Crippen LogP contribution in [0.3, 0.4) is 0 Å². The number of alkyl halides is 2. The molecule has 1 unspecified atom stereocenters. The molecule has 0 radical (unpaired) electrons. The minimum atomic E-state index is -2.68. The zero-order valence-corrected chi connectivity index (χ0v) is 19.8. The van der Waals surface area contributed by atoms with E-state index in [9.17, 15) is 18.4 Å². The largest absolute Gasteiger partial charge is 0.447 e. The first-order valence-corrected chi connectivity index (χ1v) is 11.5. The van der Waals surface area contributed by atoms with Crippen LogP contribution in [0, 0.1) is 5.41 Å². The normalized spacial score (nSPS) is 20.5. The van der Waals surface area contributed by atoms with E-state index in [0.29, 0.717) is 46.4 Å². The summed E-state index contributed by atoms with van der Waals surface area (Å²) in [5.41, 5.74) is 0.872. The second-order valence-corrected chi connectivity index (χ2v) is 9.62. The molecule has 2 N–H and O–H groups in total. The van der Waals surface area contributed by atoms with Gasteiger partial charge in [0.15, 0.2) is 0 Å². The molecule has 12 heteroatoms. The first-order chi connectivity index (χ1) is 16.5. The number of halogens is 3. The Morgan fingerprint density at radius 3 is 2.66 bits per heavy atom. The summed E-state index contributed by atoms with van der Waals surface area (Å²) < 4.78 is 34.0. The van der Waals surface area contributed by atoms with Crippen LogP contribution in [0.4, 0.5) is 29.7 Å². The van der Waals surface area contributed by atoms with Gasteiger partial charge in [-0.05, 0) is 38.5 Å². The molecule has 1 atom stereocenters. The minimum Gasteiger partial charge on any atom is -0.447 e. The van der Waals surface area contributed by atoms with Crippen molar-refractivity contribution in [2.75, 3.05) is 23.7 Å². The number of anilines is 2. The summed E-state index contributed by atoms with van der Waals surface area (Å²) in [6, 6.07) is 4.49. The first kappa shape index (κ1) is 23.3. The van der Waals surface area contributed by atoms with E-state index in [0.717, 1.165) is 0 Å². The Balaban J connectivity index is 1.32. The molecule has 5 rings (SSSR count). The fraction of sp³-hybridized carbons (Fsp3) is 0.391. The molecule has 0 bridgehead atoms.